The highest BCUT2D eigenvalue weighted by molar-refractivity contribution is 6.31. The summed E-state index contributed by atoms with van der Waals surface area (Å²) in [6, 6.07) is 13.0. The van der Waals surface area contributed by atoms with E-state index in [4.69, 9.17) is 11.6 Å². The van der Waals surface area contributed by atoms with Crippen LogP contribution in [0.1, 0.15) is 39.1 Å². The number of rotatable bonds is 1. The summed E-state index contributed by atoms with van der Waals surface area (Å²) >= 11 is 6.05. The molecule has 1 fully saturated rings. The Morgan fingerprint density at radius 1 is 1.11 bits per heavy atom. The fourth-order valence-corrected chi connectivity index (χ4v) is 4.17. The molecule has 0 aromatic heterocycles. The van der Waals surface area contributed by atoms with Gasteiger partial charge in [-0.25, -0.2) is 0 Å². The molecule has 2 aromatic carbocycles. The lowest BCUT2D eigenvalue weighted by molar-refractivity contribution is 0.0609. The summed E-state index contributed by atoms with van der Waals surface area (Å²) in [6.07, 6.45) is 1.35. The molecule has 6 heteroatoms. The van der Waals surface area contributed by atoms with E-state index in [1.165, 1.54) is 0 Å². The number of hydrogen-bond acceptors (Lipinski definition) is 3. The Balaban J connectivity index is 1.53. The molecule has 2 amide bonds. The number of anilines is 1. The van der Waals surface area contributed by atoms with Crippen molar-refractivity contribution in [1.82, 2.24) is 10.2 Å². The number of amides is 2. The van der Waals surface area contributed by atoms with Gasteiger partial charge in [-0.3, -0.25) is 9.59 Å². The van der Waals surface area contributed by atoms with Crippen molar-refractivity contribution in [3.63, 3.8) is 0 Å². The Bertz CT molecular complexity index is 902. The third kappa shape index (κ3) is 3.06. The van der Waals surface area contributed by atoms with Crippen molar-refractivity contribution in [2.45, 2.75) is 25.4 Å². The van der Waals surface area contributed by atoms with Gasteiger partial charge in [0.15, 0.2) is 0 Å². The van der Waals surface area contributed by atoms with Crippen LogP contribution in [0.15, 0.2) is 42.5 Å². The molecular weight excluding hydrogens is 362 g/mol. The lowest BCUT2D eigenvalue weighted by Gasteiger charge is -2.51. The van der Waals surface area contributed by atoms with Crippen LogP contribution in [0.2, 0.25) is 5.02 Å². The molecular formula is C21H22ClN3O2. The first-order valence-electron chi connectivity index (χ1n) is 9.11. The van der Waals surface area contributed by atoms with Crippen molar-refractivity contribution >= 4 is 29.1 Å². The van der Waals surface area contributed by atoms with Gasteiger partial charge >= 0.3 is 0 Å². The van der Waals surface area contributed by atoms with E-state index in [1.54, 1.807) is 12.1 Å². The Hall–Kier alpha value is -2.53. The third-order valence-electron chi connectivity index (χ3n) is 5.73. The van der Waals surface area contributed by atoms with Gasteiger partial charge in [0.2, 0.25) is 0 Å². The normalized spacial score (nSPS) is 18.3. The van der Waals surface area contributed by atoms with Crippen LogP contribution < -0.4 is 10.2 Å². The first kappa shape index (κ1) is 17.9. The van der Waals surface area contributed by atoms with Crippen LogP contribution >= 0.6 is 11.6 Å². The number of carbonyl (C=O) groups excluding carboxylic acids is 2. The molecule has 1 spiro atoms. The second-order valence-corrected chi connectivity index (χ2v) is 7.80. The number of likely N-dealkylation sites (tertiary alicyclic amines) is 1. The van der Waals surface area contributed by atoms with E-state index in [2.05, 4.69) is 10.2 Å². The number of benzene rings is 2. The standard InChI is InChI=1S/C21H22ClN3O2/c1-14-3-5-15(6-4-14)20(27)25-11-9-21(10-12-25)23-19(26)17-13-16(22)7-8-18(17)24(21)2/h3-8,13H,9-12H2,1-2H3,(H,23,26). The van der Waals surface area contributed by atoms with Crippen LogP contribution in [0, 0.1) is 6.92 Å². The summed E-state index contributed by atoms with van der Waals surface area (Å²) in [4.78, 5) is 29.4. The van der Waals surface area contributed by atoms with E-state index < -0.39 is 5.66 Å². The second-order valence-electron chi connectivity index (χ2n) is 7.36. The van der Waals surface area contributed by atoms with E-state index in [-0.39, 0.29) is 11.8 Å². The van der Waals surface area contributed by atoms with Gasteiger partial charge in [0.1, 0.15) is 5.66 Å². The summed E-state index contributed by atoms with van der Waals surface area (Å²) in [7, 11) is 1.99. The minimum atomic E-state index is -0.470. The molecule has 0 radical (unpaired) electrons. The number of hydrogen-bond donors (Lipinski definition) is 1. The summed E-state index contributed by atoms with van der Waals surface area (Å²) in [5, 5.41) is 3.71. The molecule has 2 aliphatic rings. The lowest BCUT2D eigenvalue weighted by Crippen LogP contribution is -2.67. The van der Waals surface area contributed by atoms with Gasteiger partial charge in [-0.2, -0.15) is 0 Å². The minimum absolute atomic E-state index is 0.0434. The van der Waals surface area contributed by atoms with Crippen molar-refractivity contribution in [3.8, 4) is 0 Å². The van der Waals surface area contributed by atoms with Crippen LogP contribution in [0.25, 0.3) is 0 Å². The van der Waals surface area contributed by atoms with Crippen molar-refractivity contribution in [2.75, 3.05) is 25.0 Å². The van der Waals surface area contributed by atoms with Gasteiger partial charge in [-0.15, -0.1) is 0 Å². The molecule has 27 heavy (non-hydrogen) atoms. The minimum Gasteiger partial charge on any atom is -0.351 e. The Labute approximate surface area is 163 Å². The molecule has 1 N–H and O–H groups in total. The Morgan fingerprint density at radius 3 is 2.44 bits per heavy atom. The molecule has 2 aliphatic heterocycles. The Kier molecular flexibility index (Phi) is 4.35. The van der Waals surface area contributed by atoms with Crippen molar-refractivity contribution in [1.29, 1.82) is 0 Å². The quantitative estimate of drug-likeness (QED) is 0.820. The molecule has 4 rings (SSSR count). The number of carbonyl (C=O) groups is 2. The molecule has 1 saturated heterocycles. The highest BCUT2D eigenvalue weighted by Gasteiger charge is 2.44. The second kappa shape index (κ2) is 6.57. The van der Waals surface area contributed by atoms with E-state index in [1.807, 2.05) is 49.2 Å². The van der Waals surface area contributed by atoms with E-state index in [9.17, 15) is 9.59 Å². The number of piperidine rings is 1. The van der Waals surface area contributed by atoms with Gasteiger partial charge in [0.25, 0.3) is 11.8 Å². The number of nitrogens with one attached hydrogen (secondary N) is 1. The highest BCUT2D eigenvalue weighted by atomic mass is 35.5. The molecule has 0 unspecified atom stereocenters. The van der Waals surface area contributed by atoms with Crippen LogP contribution in [0.5, 0.6) is 0 Å². The van der Waals surface area contributed by atoms with E-state index in [0.29, 0.717) is 42.1 Å². The molecule has 0 atom stereocenters. The molecule has 0 saturated carbocycles. The fourth-order valence-electron chi connectivity index (χ4n) is 3.99. The molecule has 0 aliphatic carbocycles. The summed E-state index contributed by atoms with van der Waals surface area (Å²) in [5.74, 6) is -0.0641. The maximum Gasteiger partial charge on any atom is 0.255 e. The maximum atomic E-state index is 12.8. The zero-order chi connectivity index (χ0) is 19.2. The number of fused-ring (bicyclic) bond motifs is 1. The summed E-state index contributed by atoms with van der Waals surface area (Å²) in [6.45, 7) is 3.20. The molecule has 2 heterocycles. The number of halogens is 1. The summed E-state index contributed by atoms with van der Waals surface area (Å²) in [5.41, 5.74) is 2.84. The molecule has 140 valence electrons. The fraction of sp³-hybridized carbons (Fsp3) is 0.333. The number of aryl methyl sites for hydroxylation is 1. The summed E-state index contributed by atoms with van der Waals surface area (Å²) < 4.78 is 0. The maximum absolute atomic E-state index is 12.8. The number of nitrogens with zero attached hydrogens (tertiary/aromatic N) is 2. The third-order valence-corrected chi connectivity index (χ3v) is 5.96. The molecule has 5 nitrogen and oxygen atoms in total. The lowest BCUT2D eigenvalue weighted by atomic mass is 9.90. The average molecular weight is 384 g/mol. The van der Waals surface area contributed by atoms with Crippen LogP contribution in [0.3, 0.4) is 0 Å². The van der Waals surface area contributed by atoms with Crippen molar-refractivity contribution in [2.24, 2.45) is 0 Å². The van der Waals surface area contributed by atoms with Crippen molar-refractivity contribution < 1.29 is 9.59 Å². The van der Waals surface area contributed by atoms with Gasteiger partial charge < -0.3 is 15.1 Å². The smallest absolute Gasteiger partial charge is 0.255 e. The highest BCUT2D eigenvalue weighted by Crippen LogP contribution is 2.37. The van der Waals surface area contributed by atoms with Gasteiger partial charge in [-0.05, 0) is 37.3 Å². The predicted octanol–water partition coefficient (Wildman–Crippen LogP) is 3.46. The van der Waals surface area contributed by atoms with Gasteiger partial charge in [0.05, 0.1) is 11.3 Å². The van der Waals surface area contributed by atoms with Gasteiger partial charge in [-0.1, -0.05) is 29.3 Å². The zero-order valence-corrected chi connectivity index (χ0v) is 16.2. The topological polar surface area (TPSA) is 52.7 Å². The Morgan fingerprint density at radius 2 is 1.78 bits per heavy atom. The van der Waals surface area contributed by atoms with Crippen LogP contribution in [-0.2, 0) is 0 Å². The first-order chi connectivity index (χ1) is 12.9. The monoisotopic (exact) mass is 383 g/mol. The average Bonchev–Trinajstić information content (AvgIpc) is 2.67. The SMILES string of the molecule is Cc1ccc(C(=O)N2CCC3(CC2)NC(=O)c2cc(Cl)ccc2N3C)cc1. The van der Waals surface area contributed by atoms with Crippen molar-refractivity contribution in [3.05, 3.63) is 64.2 Å². The first-order valence-corrected chi connectivity index (χ1v) is 9.49. The zero-order valence-electron chi connectivity index (χ0n) is 15.5. The largest absolute Gasteiger partial charge is 0.351 e. The van der Waals surface area contributed by atoms with E-state index in [0.717, 1.165) is 11.3 Å². The van der Waals surface area contributed by atoms with E-state index >= 15 is 0 Å². The molecule has 0 bridgehead atoms. The predicted molar refractivity (Wildman–Crippen MR) is 106 cm³/mol. The van der Waals surface area contributed by atoms with Crippen LogP contribution in [0.4, 0.5) is 5.69 Å². The van der Waals surface area contributed by atoms with Crippen LogP contribution in [-0.4, -0.2) is 42.5 Å². The van der Waals surface area contributed by atoms with Gasteiger partial charge in [0, 0.05) is 43.6 Å². The molecule has 2 aromatic rings.